The predicted octanol–water partition coefficient (Wildman–Crippen LogP) is 3.86. The molecule has 1 amide bonds. The molecule has 0 heterocycles. The van der Waals surface area contributed by atoms with Crippen molar-refractivity contribution in [2.45, 2.75) is 25.3 Å². The van der Waals surface area contributed by atoms with Crippen molar-refractivity contribution in [1.82, 2.24) is 5.32 Å². The third kappa shape index (κ3) is 4.96. The summed E-state index contributed by atoms with van der Waals surface area (Å²) in [4.78, 5) is 12.2. The zero-order chi connectivity index (χ0) is 16.2. The second-order valence-electron chi connectivity index (χ2n) is 5.97. The van der Waals surface area contributed by atoms with E-state index in [1.807, 2.05) is 68.4 Å². The number of nitrogens with two attached hydrogens (primary N) is 1. The molecule has 1 unspecified atom stereocenters. The van der Waals surface area contributed by atoms with E-state index in [0.717, 1.165) is 11.1 Å². The van der Waals surface area contributed by atoms with Gasteiger partial charge in [-0.3, -0.25) is 4.79 Å². The standard InChI is InChI=1S/C18H21ClN2O.ClH/c1-18(2,14-10-6-7-11-15(14)19)12-21-17(22)16(20)13-8-4-3-5-9-13;/h3-11,16H,12,20H2,1-2H3,(H,21,22);1H. The number of amides is 1. The van der Waals surface area contributed by atoms with Crippen molar-refractivity contribution in [2.75, 3.05) is 6.54 Å². The fraction of sp³-hybridized carbons (Fsp3) is 0.278. The topological polar surface area (TPSA) is 55.1 Å². The Morgan fingerprint density at radius 3 is 2.30 bits per heavy atom. The van der Waals surface area contributed by atoms with E-state index in [1.165, 1.54) is 0 Å². The average Bonchev–Trinajstić information content (AvgIpc) is 2.53. The molecule has 124 valence electrons. The number of rotatable bonds is 5. The molecule has 0 aliphatic heterocycles. The summed E-state index contributed by atoms with van der Waals surface area (Å²) in [5.74, 6) is -0.189. The van der Waals surface area contributed by atoms with Crippen LogP contribution >= 0.6 is 24.0 Å². The molecule has 0 saturated carbocycles. The highest BCUT2D eigenvalue weighted by molar-refractivity contribution is 6.31. The summed E-state index contributed by atoms with van der Waals surface area (Å²) in [5, 5.41) is 3.63. The van der Waals surface area contributed by atoms with E-state index >= 15 is 0 Å². The molecule has 2 aromatic carbocycles. The molecule has 0 spiro atoms. The smallest absolute Gasteiger partial charge is 0.241 e. The fourth-order valence-electron chi connectivity index (χ4n) is 2.34. The molecule has 3 N–H and O–H groups in total. The lowest BCUT2D eigenvalue weighted by atomic mass is 9.84. The minimum absolute atomic E-state index is 0. The SMILES string of the molecule is CC(C)(CNC(=O)C(N)c1ccccc1)c1ccccc1Cl.Cl. The Hall–Kier alpha value is -1.55. The summed E-state index contributed by atoms with van der Waals surface area (Å²) < 4.78 is 0. The van der Waals surface area contributed by atoms with Gasteiger partial charge in [-0.25, -0.2) is 0 Å². The number of halogens is 2. The lowest BCUT2D eigenvalue weighted by Crippen LogP contribution is -2.41. The Kier molecular flexibility index (Phi) is 7.07. The van der Waals surface area contributed by atoms with Crippen LogP contribution in [-0.4, -0.2) is 12.5 Å². The van der Waals surface area contributed by atoms with Crippen molar-refractivity contribution in [3.05, 3.63) is 70.7 Å². The van der Waals surface area contributed by atoms with Crippen molar-refractivity contribution >= 4 is 29.9 Å². The van der Waals surface area contributed by atoms with Gasteiger partial charge in [0.15, 0.2) is 0 Å². The molecule has 0 aliphatic carbocycles. The Bertz CT molecular complexity index is 644. The van der Waals surface area contributed by atoms with Crippen LogP contribution in [0.2, 0.25) is 5.02 Å². The molecule has 0 saturated heterocycles. The van der Waals surface area contributed by atoms with Gasteiger partial charge in [-0.15, -0.1) is 12.4 Å². The zero-order valence-corrected chi connectivity index (χ0v) is 14.8. The Morgan fingerprint density at radius 2 is 1.70 bits per heavy atom. The van der Waals surface area contributed by atoms with E-state index in [0.29, 0.717) is 11.6 Å². The van der Waals surface area contributed by atoms with Gasteiger partial charge < -0.3 is 11.1 Å². The maximum absolute atomic E-state index is 12.2. The first kappa shape index (κ1) is 19.5. The zero-order valence-electron chi connectivity index (χ0n) is 13.3. The van der Waals surface area contributed by atoms with Crippen molar-refractivity contribution in [3.8, 4) is 0 Å². The lowest BCUT2D eigenvalue weighted by Gasteiger charge is -2.27. The molecule has 0 radical (unpaired) electrons. The third-order valence-corrected chi connectivity index (χ3v) is 4.08. The first-order valence-corrected chi connectivity index (χ1v) is 7.63. The second kappa shape index (κ2) is 8.34. The van der Waals surface area contributed by atoms with Gasteiger partial charge in [-0.05, 0) is 17.2 Å². The predicted molar refractivity (Wildman–Crippen MR) is 98.1 cm³/mol. The van der Waals surface area contributed by atoms with Crippen LogP contribution in [0.1, 0.15) is 31.0 Å². The molecule has 2 aromatic rings. The van der Waals surface area contributed by atoms with Crippen molar-refractivity contribution in [2.24, 2.45) is 5.73 Å². The number of benzene rings is 2. The first-order valence-electron chi connectivity index (χ1n) is 7.25. The molecule has 0 aliphatic rings. The van der Waals surface area contributed by atoms with Crippen LogP contribution in [0, 0.1) is 0 Å². The van der Waals surface area contributed by atoms with Gasteiger partial charge in [0, 0.05) is 17.0 Å². The summed E-state index contributed by atoms with van der Waals surface area (Å²) in [6.07, 6.45) is 0. The molecule has 0 bridgehead atoms. The van der Waals surface area contributed by atoms with Crippen LogP contribution in [0.5, 0.6) is 0 Å². The summed E-state index contributed by atoms with van der Waals surface area (Å²) in [6.45, 7) is 4.56. The number of carbonyl (C=O) groups excluding carboxylic acids is 1. The molecule has 1 atom stereocenters. The molecule has 3 nitrogen and oxygen atoms in total. The summed E-state index contributed by atoms with van der Waals surface area (Å²) >= 11 is 6.25. The highest BCUT2D eigenvalue weighted by Crippen LogP contribution is 2.29. The quantitative estimate of drug-likeness (QED) is 0.858. The molecule has 0 fully saturated rings. The molecular formula is C18H22Cl2N2O. The van der Waals surface area contributed by atoms with Crippen LogP contribution < -0.4 is 11.1 Å². The molecular weight excluding hydrogens is 331 g/mol. The Labute approximate surface area is 148 Å². The van der Waals surface area contributed by atoms with Gasteiger partial charge in [0.05, 0.1) is 0 Å². The normalized spacial score (nSPS) is 12.2. The van der Waals surface area contributed by atoms with Crippen LogP contribution in [0.4, 0.5) is 0 Å². The average molecular weight is 353 g/mol. The van der Waals surface area contributed by atoms with E-state index in [1.54, 1.807) is 0 Å². The van der Waals surface area contributed by atoms with Crippen molar-refractivity contribution in [3.63, 3.8) is 0 Å². The van der Waals surface area contributed by atoms with E-state index in [2.05, 4.69) is 5.32 Å². The fourth-order valence-corrected chi connectivity index (χ4v) is 2.73. The van der Waals surface area contributed by atoms with Crippen LogP contribution in [0.15, 0.2) is 54.6 Å². The summed E-state index contributed by atoms with van der Waals surface area (Å²) in [6, 6.07) is 16.4. The van der Waals surface area contributed by atoms with Gasteiger partial charge in [0.2, 0.25) is 5.91 Å². The summed E-state index contributed by atoms with van der Waals surface area (Å²) in [5.41, 5.74) is 7.53. The monoisotopic (exact) mass is 352 g/mol. The molecule has 0 aromatic heterocycles. The second-order valence-corrected chi connectivity index (χ2v) is 6.38. The molecule has 5 heteroatoms. The first-order chi connectivity index (χ1) is 10.4. The highest BCUT2D eigenvalue weighted by atomic mass is 35.5. The Morgan fingerprint density at radius 1 is 1.13 bits per heavy atom. The lowest BCUT2D eigenvalue weighted by molar-refractivity contribution is -0.122. The Balaban J connectivity index is 0.00000264. The highest BCUT2D eigenvalue weighted by Gasteiger charge is 2.25. The molecule has 2 rings (SSSR count). The molecule has 23 heavy (non-hydrogen) atoms. The van der Waals surface area contributed by atoms with E-state index in [9.17, 15) is 4.79 Å². The van der Waals surface area contributed by atoms with Gasteiger partial charge in [-0.1, -0.05) is 74.0 Å². The maximum Gasteiger partial charge on any atom is 0.241 e. The van der Waals surface area contributed by atoms with Crippen LogP contribution in [0.25, 0.3) is 0 Å². The van der Waals surface area contributed by atoms with Crippen LogP contribution in [-0.2, 0) is 10.2 Å². The number of nitrogens with one attached hydrogen (secondary N) is 1. The van der Waals surface area contributed by atoms with Gasteiger partial charge >= 0.3 is 0 Å². The van der Waals surface area contributed by atoms with E-state index < -0.39 is 6.04 Å². The number of hydrogen-bond acceptors (Lipinski definition) is 2. The number of hydrogen-bond donors (Lipinski definition) is 2. The number of carbonyl (C=O) groups is 1. The minimum atomic E-state index is -0.664. The van der Waals surface area contributed by atoms with Crippen molar-refractivity contribution in [1.29, 1.82) is 0 Å². The van der Waals surface area contributed by atoms with Gasteiger partial charge in [0.25, 0.3) is 0 Å². The largest absolute Gasteiger partial charge is 0.354 e. The third-order valence-electron chi connectivity index (χ3n) is 3.75. The van der Waals surface area contributed by atoms with Gasteiger partial charge in [0.1, 0.15) is 6.04 Å². The maximum atomic E-state index is 12.2. The van der Waals surface area contributed by atoms with Crippen LogP contribution in [0.3, 0.4) is 0 Å². The minimum Gasteiger partial charge on any atom is -0.354 e. The van der Waals surface area contributed by atoms with Crippen molar-refractivity contribution < 1.29 is 4.79 Å². The summed E-state index contributed by atoms with van der Waals surface area (Å²) in [7, 11) is 0. The van der Waals surface area contributed by atoms with E-state index in [4.69, 9.17) is 17.3 Å². The van der Waals surface area contributed by atoms with Gasteiger partial charge in [-0.2, -0.15) is 0 Å². The van der Waals surface area contributed by atoms with E-state index in [-0.39, 0.29) is 23.7 Å².